The summed E-state index contributed by atoms with van der Waals surface area (Å²) < 4.78 is 5.92. The summed E-state index contributed by atoms with van der Waals surface area (Å²) in [5, 5.41) is 2.27. The second kappa shape index (κ2) is 9.65. The maximum absolute atomic E-state index is 13.5. The number of rotatable bonds is 7. The molecule has 4 aromatic rings. The van der Waals surface area contributed by atoms with E-state index in [1.54, 1.807) is 0 Å². The summed E-state index contributed by atoms with van der Waals surface area (Å²) in [6.45, 7) is 2.18. The smallest absolute Gasteiger partial charge is 0.231 e. The molecule has 0 saturated carbocycles. The van der Waals surface area contributed by atoms with Crippen LogP contribution in [0.2, 0.25) is 0 Å². The van der Waals surface area contributed by atoms with Gasteiger partial charge in [0.1, 0.15) is 12.4 Å². The van der Waals surface area contributed by atoms with Crippen LogP contribution in [0.3, 0.4) is 0 Å². The Morgan fingerprint density at radius 2 is 1.79 bits per heavy atom. The molecule has 5 nitrogen and oxygen atoms in total. The van der Waals surface area contributed by atoms with Crippen LogP contribution in [0, 0.1) is 0 Å². The zero-order valence-electron chi connectivity index (χ0n) is 19.7. The largest absolute Gasteiger partial charge is 0.492 e. The lowest BCUT2D eigenvalue weighted by Gasteiger charge is -2.19. The summed E-state index contributed by atoms with van der Waals surface area (Å²) in [6.07, 6.45) is 4.86. The molecule has 0 saturated heterocycles. The molecule has 0 fully saturated rings. The molecule has 5 rings (SSSR count). The number of anilines is 1. The number of carbonyl (C=O) groups is 1. The number of ether oxygens (including phenoxy) is 1. The third-order valence-electron chi connectivity index (χ3n) is 6.41. The van der Waals surface area contributed by atoms with Crippen LogP contribution >= 0.6 is 0 Å². The first kappa shape index (κ1) is 22.1. The first-order valence-electron chi connectivity index (χ1n) is 11.7. The average molecular weight is 452 g/mol. The monoisotopic (exact) mass is 451 g/mol. The van der Waals surface area contributed by atoms with E-state index >= 15 is 0 Å². The topological polar surface area (TPSA) is 45.7 Å². The Bertz CT molecular complexity index is 1320. The summed E-state index contributed by atoms with van der Waals surface area (Å²) in [5.41, 5.74) is 5.50. The Labute approximate surface area is 200 Å². The fourth-order valence-corrected chi connectivity index (χ4v) is 4.61. The normalized spacial score (nSPS) is 12.9. The Hall–Kier alpha value is -3.70. The van der Waals surface area contributed by atoms with Crippen molar-refractivity contribution in [1.29, 1.82) is 0 Å². The minimum Gasteiger partial charge on any atom is -0.492 e. The van der Waals surface area contributed by atoms with Gasteiger partial charge in [-0.25, -0.2) is 0 Å². The molecule has 0 unspecified atom stereocenters. The van der Waals surface area contributed by atoms with E-state index in [2.05, 4.69) is 40.2 Å². The van der Waals surface area contributed by atoms with E-state index in [1.165, 1.54) is 5.56 Å². The van der Waals surface area contributed by atoms with Gasteiger partial charge in [-0.1, -0.05) is 42.5 Å². The van der Waals surface area contributed by atoms with Gasteiger partial charge in [0.05, 0.1) is 12.1 Å². The van der Waals surface area contributed by atoms with Crippen molar-refractivity contribution in [2.45, 2.75) is 12.8 Å². The number of likely N-dealkylation sites (N-methyl/N-ethyl adjacent to an activating group) is 1. The molecule has 172 valence electrons. The minimum absolute atomic E-state index is 0.117. The molecule has 0 radical (unpaired) electrons. The number of benzene rings is 3. The average Bonchev–Trinajstić information content (AvgIpc) is 3.28. The first-order valence-corrected chi connectivity index (χ1v) is 11.7. The Morgan fingerprint density at radius 1 is 1.00 bits per heavy atom. The maximum atomic E-state index is 13.5. The van der Waals surface area contributed by atoms with Gasteiger partial charge in [0.2, 0.25) is 5.91 Å². The highest BCUT2D eigenvalue weighted by molar-refractivity contribution is 6.03. The Morgan fingerprint density at radius 3 is 2.59 bits per heavy atom. The molecule has 1 aliphatic heterocycles. The van der Waals surface area contributed by atoms with Crippen molar-refractivity contribution >= 4 is 22.4 Å². The lowest BCUT2D eigenvalue weighted by molar-refractivity contribution is -0.117. The van der Waals surface area contributed by atoms with Crippen molar-refractivity contribution in [3.05, 3.63) is 90.3 Å². The third-order valence-corrected chi connectivity index (χ3v) is 6.41. The Balaban J connectivity index is 1.39. The van der Waals surface area contributed by atoms with Crippen molar-refractivity contribution in [2.24, 2.45) is 0 Å². The second-order valence-electron chi connectivity index (χ2n) is 8.97. The predicted octanol–water partition coefficient (Wildman–Crippen LogP) is 4.97. The van der Waals surface area contributed by atoms with Crippen LogP contribution in [-0.2, 0) is 17.6 Å². The quantitative estimate of drug-likeness (QED) is 0.398. The molecule has 1 aromatic heterocycles. The number of carbonyl (C=O) groups excluding carboxylic acids is 1. The van der Waals surface area contributed by atoms with Gasteiger partial charge >= 0.3 is 0 Å². The molecule has 1 aliphatic rings. The molecule has 0 spiro atoms. The van der Waals surface area contributed by atoms with Crippen molar-refractivity contribution in [3.63, 3.8) is 0 Å². The van der Waals surface area contributed by atoms with Gasteiger partial charge in [0.25, 0.3) is 0 Å². The van der Waals surface area contributed by atoms with Gasteiger partial charge in [-0.3, -0.25) is 9.78 Å². The number of hydrogen-bond donors (Lipinski definition) is 0. The Kier molecular flexibility index (Phi) is 6.28. The van der Waals surface area contributed by atoms with Gasteiger partial charge in [0, 0.05) is 31.5 Å². The van der Waals surface area contributed by atoms with Crippen molar-refractivity contribution < 1.29 is 9.53 Å². The van der Waals surface area contributed by atoms with E-state index in [-0.39, 0.29) is 5.91 Å². The molecule has 0 aliphatic carbocycles. The first-order chi connectivity index (χ1) is 16.6. The predicted molar refractivity (Wildman–Crippen MR) is 137 cm³/mol. The molecule has 3 aromatic carbocycles. The molecular weight excluding hydrogens is 422 g/mol. The summed E-state index contributed by atoms with van der Waals surface area (Å²) in [7, 11) is 4.06. The summed E-state index contributed by atoms with van der Waals surface area (Å²) in [5.74, 6) is 0.929. The number of aromatic nitrogens is 1. The van der Waals surface area contributed by atoms with E-state index in [0.717, 1.165) is 51.9 Å². The van der Waals surface area contributed by atoms with Crippen molar-refractivity contribution in [1.82, 2.24) is 9.88 Å². The molecule has 0 N–H and O–H groups in total. The van der Waals surface area contributed by atoms with Crippen LogP contribution in [0.1, 0.15) is 11.1 Å². The van der Waals surface area contributed by atoms with Crippen LogP contribution in [-0.4, -0.2) is 49.6 Å². The van der Waals surface area contributed by atoms with E-state index in [1.807, 2.05) is 67.8 Å². The van der Waals surface area contributed by atoms with Crippen LogP contribution < -0.4 is 9.64 Å². The number of nitrogens with zero attached hydrogens (tertiary/aromatic N) is 3. The van der Waals surface area contributed by atoms with Gasteiger partial charge in [-0.05, 0) is 71.7 Å². The van der Waals surface area contributed by atoms with Crippen molar-refractivity contribution in [3.8, 4) is 16.9 Å². The van der Waals surface area contributed by atoms with E-state index in [9.17, 15) is 4.79 Å². The van der Waals surface area contributed by atoms with Gasteiger partial charge in [0.15, 0.2) is 0 Å². The van der Waals surface area contributed by atoms with Gasteiger partial charge in [-0.15, -0.1) is 0 Å². The van der Waals surface area contributed by atoms with Gasteiger partial charge < -0.3 is 14.5 Å². The zero-order valence-corrected chi connectivity index (χ0v) is 19.7. The van der Waals surface area contributed by atoms with Crippen molar-refractivity contribution in [2.75, 3.05) is 38.7 Å². The van der Waals surface area contributed by atoms with E-state index in [4.69, 9.17) is 4.74 Å². The minimum atomic E-state index is 0.117. The van der Waals surface area contributed by atoms with Crippen LogP contribution in [0.4, 0.5) is 5.69 Å². The van der Waals surface area contributed by atoms with Gasteiger partial charge in [-0.2, -0.15) is 0 Å². The molecule has 2 heterocycles. The summed E-state index contributed by atoms with van der Waals surface area (Å²) >= 11 is 0. The number of fused-ring (bicyclic) bond motifs is 2. The van der Waals surface area contributed by atoms with Crippen LogP contribution in [0.5, 0.6) is 5.75 Å². The van der Waals surface area contributed by atoms with E-state index in [0.29, 0.717) is 19.6 Å². The molecule has 5 heteroatoms. The lowest BCUT2D eigenvalue weighted by atomic mass is 9.94. The van der Waals surface area contributed by atoms with Crippen LogP contribution in [0.25, 0.3) is 21.9 Å². The molecule has 0 bridgehead atoms. The molecule has 1 amide bonds. The number of hydrogen-bond acceptors (Lipinski definition) is 4. The number of pyridine rings is 1. The van der Waals surface area contributed by atoms with E-state index < -0.39 is 0 Å². The molecular formula is C29H29N3O2. The van der Waals surface area contributed by atoms with Crippen LogP contribution in [0.15, 0.2) is 79.1 Å². The summed E-state index contributed by atoms with van der Waals surface area (Å²) in [6, 6.07) is 22.7. The number of amides is 1. The highest BCUT2D eigenvalue weighted by Crippen LogP contribution is 2.34. The highest BCUT2D eigenvalue weighted by Gasteiger charge is 2.25. The SMILES string of the molecule is CN(C)CCOc1ccc2c(c1)N(C(=O)Cc1ccc(-c3ccncc3)c3ccccc13)CC2. The fraction of sp³-hybridized carbons (Fsp3) is 0.241. The highest BCUT2D eigenvalue weighted by atomic mass is 16.5. The lowest BCUT2D eigenvalue weighted by Crippen LogP contribution is -2.30. The fourth-order valence-electron chi connectivity index (χ4n) is 4.61. The molecule has 34 heavy (non-hydrogen) atoms. The second-order valence-corrected chi connectivity index (χ2v) is 8.97. The maximum Gasteiger partial charge on any atom is 0.231 e. The standard InChI is InChI=1S/C29H29N3O2/c1-31(2)17-18-34-24-9-7-22-13-16-32(28(22)20-24)29(33)19-23-8-10-26(21-11-14-30-15-12-21)27-6-4-3-5-25(23)27/h3-12,14-15,20H,13,16-19H2,1-2H3. The summed E-state index contributed by atoms with van der Waals surface area (Å²) in [4.78, 5) is 21.6. The third kappa shape index (κ3) is 4.52. The zero-order chi connectivity index (χ0) is 23.5. The molecule has 0 atom stereocenters.